The Kier molecular flexibility index (Phi) is 5.36. The summed E-state index contributed by atoms with van der Waals surface area (Å²) in [4.78, 5) is 18.1. The third-order valence-electron chi connectivity index (χ3n) is 5.45. The van der Waals surface area contributed by atoms with Gasteiger partial charge in [-0.05, 0) is 18.1 Å². The second-order valence-corrected chi connectivity index (χ2v) is 7.20. The predicted octanol–water partition coefficient (Wildman–Crippen LogP) is 1.68. The van der Waals surface area contributed by atoms with Crippen LogP contribution in [0.25, 0.3) is 0 Å². The van der Waals surface area contributed by atoms with Crippen molar-refractivity contribution < 1.29 is 9.18 Å². The van der Waals surface area contributed by atoms with Gasteiger partial charge in [-0.25, -0.2) is 4.39 Å². The number of carbonyl (C=O) groups excluding carboxylic acids is 1. The van der Waals surface area contributed by atoms with E-state index in [1.807, 2.05) is 11.0 Å². The summed E-state index contributed by atoms with van der Waals surface area (Å²) in [5.74, 6) is 0.368. The zero-order valence-corrected chi connectivity index (χ0v) is 14.9. The molecular weight excluding hydrogens is 319 g/mol. The molecule has 0 unspecified atom stereocenters. The summed E-state index contributed by atoms with van der Waals surface area (Å²) in [5, 5.41) is 8.85. The minimum absolute atomic E-state index is 0.150. The molecule has 2 aliphatic heterocycles. The van der Waals surface area contributed by atoms with Crippen LogP contribution in [0.5, 0.6) is 0 Å². The number of benzene rings is 1. The molecule has 0 bridgehead atoms. The monoisotopic (exact) mass is 344 g/mol. The highest BCUT2D eigenvalue weighted by Gasteiger charge is 2.35. The SMILES string of the molecule is CC(=O)N1CCN([C@@H]2CN(Cc3ccc(C#N)cc3F)C[C@@H]2C)CC1. The van der Waals surface area contributed by atoms with Gasteiger partial charge in [0.15, 0.2) is 0 Å². The van der Waals surface area contributed by atoms with Crippen molar-refractivity contribution in [2.24, 2.45) is 5.92 Å². The summed E-state index contributed by atoms with van der Waals surface area (Å²) in [5.41, 5.74) is 1.01. The first-order valence-electron chi connectivity index (χ1n) is 8.88. The lowest BCUT2D eigenvalue weighted by Gasteiger charge is -2.39. The summed E-state index contributed by atoms with van der Waals surface area (Å²) >= 11 is 0. The summed E-state index contributed by atoms with van der Waals surface area (Å²) in [7, 11) is 0. The molecule has 0 spiro atoms. The van der Waals surface area contributed by atoms with E-state index in [9.17, 15) is 9.18 Å². The normalized spacial score (nSPS) is 25.1. The first-order chi connectivity index (χ1) is 12.0. The van der Waals surface area contributed by atoms with Gasteiger partial charge in [0.25, 0.3) is 0 Å². The Morgan fingerprint density at radius 2 is 2.00 bits per heavy atom. The number of rotatable bonds is 3. The van der Waals surface area contributed by atoms with Crippen LogP contribution in [-0.2, 0) is 11.3 Å². The number of nitrogens with zero attached hydrogens (tertiary/aromatic N) is 4. The van der Waals surface area contributed by atoms with Crippen LogP contribution in [0.3, 0.4) is 0 Å². The van der Waals surface area contributed by atoms with Gasteiger partial charge < -0.3 is 4.90 Å². The lowest BCUT2D eigenvalue weighted by atomic mass is 10.0. The lowest BCUT2D eigenvalue weighted by Crippen LogP contribution is -2.53. The van der Waals surface area contributed by atoms with Gasteiger partial charge in [0.05, 0.1) is 11.6 Å². The van der Waals surface area contributed by atoms with Crippen LogP contribution in [0.15, 0.2) is 18.2 Å². The van der Waals surface area contributed by atoms with E-state index in [4.69, 9.17) is 5.26 Å². The molecule has 25 heavy (non-hydrogen) atoms. The number of carbonyl (C=O) groups is 1. The highest BCUT2D eigenvalue weighted by Crippen LogP contribution is 2.25. The van der Waals surface area contributed by atoms with E-state index in [0.29, 0.717) is 29.6 Å². The van der Waals surface area contributed by atoms with Crippen LogP contribution in [0.1, 0.15) is 25.0 Å². The average Bonchev–Trinajstić information content (AvgIpc) is 2.97. The minimum Gasteiger partial charge on any atom is -0.340 e. The first-order valence-corrected chi connectivity index (χ1v) is 8.88. The van der Waals surface area contributed by atoms with Gasteiger partial charge in [-0.1, -0.05) is 13.0 Å². The summed E-state index contributed by atoms with van der Waals surface area (Å²) in [6.07, 6.45) is 0. The van der Waals surface area contributed by atoms with Gasteiger partial charge in [0.2, 0.25) is 5.91 Å². The quantitative estimate of drug-likeness (QED) is 0.837. The van der Waals surface area contributed by atoms with E-state index < -0.39 is 0 Å². The van der Waals surface area contributed by atoms with E-state index in [1.54, 1.807) is 19.1 Å². The number of nitriles is 1. The van der Waals surface area contributed by atoms with E-state index in [-0.39, 0.29) is 11.7 Å². The van der Waals surface area contributed by atoms with Gasteiger partial charge in [-0.2, -0.15) is 5.26 Å². The molecule has 0 radical (unpaired) electrons. The van der Waals surface area contributed by atoms with E-state index >= 15 is 0 Å². The topological polar surface area (TPSA) is 50.6 Å². The van der Waals surface area contributed by atoms with Crippen LogP contribution >= 0.6 is 0 Å². The van der Waals surface area contributed by atoms with Crippen molar-refractivity contribution in [1.82, 2.24) is 14.7 Å². The molecule has 1 amide bonds. The van der Waals surface area contributed by atoms with Crippen LogP contribution in [0.4, 0.5) is 4.39 Å². The molecule has 2 heterocycles. The Morgan fingerprint density at radius 3 is 2.60 bits per heavy atom. The fourth-order valence-electron chi connectivity index (χ4n) is 4.01. The Hall–Kier alpha value is -1.97. The molecular formula is C19H25FN4O. The summed E-state index contributed by atoms with van der Waals surface area (Å²) in [6.45, 7) is 9.72. The second-order valence-electron chi connectivity index (χ2n) is 7.20. The smallest absolute Gasteiger partial charge is 0.219 e. The van der Waals surface area contributed by atoms with Gasteiger partial charge >= 0.3 is 0 Å². The van der Waals surface area contributed by atoms with Crippen molar-refractivity contribution in [3.05, 3.63) is 35.1 Å². The molecule has 2 atom stereocenters. The molecule has 2 saturated heterocycles. The van der Waals surface area contributed by atoms with Crippen LogP contribution in [0.2, 0.25) is 0 Å². The van der Waals surface area contributed by atoms with Crippen molar-refractivity contribution in [2.45, 2.75) is 26.4 Å². The maximum absolute atomic E-state index is 14.1. The maximum atomic E-state index is 14.1. The highest BCUT2D eigenvalue weighted by atomic mass is 19.1. The van der Waals surface area contributed by atoms with Gasteiger partial charge in [0, 0.05) is 64.3 Å². The lowest BCUT2D eigenvalue weighted by molar-refractivity contribution is -0.130. The van der Waals surface area contributed by atoms with Crippen LogP contribution in [-0.4, -0.2) is 65.9 Å². The van der Waals surface area contributed by atoms with Gasteiger partial charge in [-0.3, -0.25) is 14.6 Å². The average molecular weight is 344 g/mol. The van der Waals surface area contributed by atoms with Crippen molar-refractivity contribution in [3.8, 4) is 6.07 Å². The van der Waals surface area contributed by atoms with Crippen molar-refractivity contribution in [3.63, 3.8) is 0 Å². The molecule has 1 aromatic rings. The highest BCUT2D eigenvalue weighted by molar-refractivity contribution is 5.73. The molecule has 1 aromatic carbocycles. The van der Waals surface area contributed by atoms with E-state index in [0.717, 1.165) is 39.3 Å². The summed E-state index contributed by atoms with van der Waals surface area (Å²) in [6, 6.07) is 7.13. The minimum atomic E-state index is -0.301. The van der Waals surface area contributed by atoms with E-state index in [2.05, 4.69) is 16.7 Å². The van der Waals surface area contributed by atoms with Gasteiger partial charge in [0.1, 0.15) is 5.82 Å². The Bertz CT molecular complexity index is 678. The number of hydrogen-bond acceptors (Lipinski definition) is 4. The third kappa shape index (κ3) is 4.00. The molecule has 0 N–H and O–H groups in total. The molecule has 134 valence electrons. The zero-order valence-electron chi connectivity index (χ0n) is 14.9. The second kappa shape index (κ2) is 7.51. The zero-order chi connectivity index (χ0) is 18.0. The molecule has 5 nitrogen and oxygen atoms in total. The number of hydrogen-bond donors (Lipinski definition) is 0. The molecule has 0 aromatic heterocycles. The summed E-state index contributed by atoms with van der Waals surface area (Å²) < 4.78 is 14.1. The van der Waals surface area contributed by atoms with Crippen LogP contribution < -0.4 is 0 Å². The van der Waals surface area contributed by atoms with Crippen molar-refractivity contribution in [2.75, 3.05) is 39.3 Å². The molecule has 0 aliphatic carbocycles. The Labute approximate surface area is 148 Å². The Balaban J connectivity index is 1.59. The van der Waals surface area contributed by atoms with Crippen molar-refractivity contribution >= 4 is 5.91 Å². The Morgan fingerprint density at radius 1 is 1.28 bits per heavy atom. The first kappa shape index (κ1) is 17.8. The van der Waals surface area contributed by atoms with Crippen LogP contribution in [0, 0.1) is 23.1 Å². The predicted molar refractivity (Wildman–Crippen MR) is 93.2 cm³/mol. The molecule has 6 heteroatoms. The number of likely N-dealkylation sites (tertiary alicyclic amines) is 1. The number of piperazine rings is 1. The largest absolute Gasteiger partial charge is 0.340 e. The maximum Gasteiger partial charge on any atom is 0.219 e. The van der Waals surface area contributed by atoms with Crippen molar-refractivity contribution in [1.29, 1.82) is 5.26 Å². The fourth-order valence-corrected chi connectivity index (χ4v) is 4.01. The van der Waals surface area contributed by atoms with Gasteiger partial charge in [-0.15, -0.1) is 0 Å². The standard InChI is InChI=1S/C19H25FN4O/c1-14-11-22(12-17-4-3-16(10-21)9-18(17)20)13-19(14)24-7-5-23(6-8-24)15(2)25/h3-4,9,14,19H,5-8,11-13H2,1-2H3/t14-,19+/m0/s1. The number of halogens is 1. The molecule has 2 aliphatic rings. The molecule has 3 rings (SSSR count). The number of amides is 1. The molecule has 0 saturated carbocycles. The fraction of sp³-hybridized carbons (Fsp3) is 0.579. The van der Waals surface area contributed by atoms with E-state index in [1.165, 1.54) is 6.07 Å². The third-order valence-corrected chi connectivity index (χ3v) is 5.45. The molecule has 2 fully saturated rings.